The Morgan fingerprint density at radius 1 is 1.26 bits per heavy atom. The predicted octanol–water partition coefficient (Wildman–Crippen LogP) is 2.85. The first kappa shape index (κ1) is 17.6. The molecule has 0 aliphatic carbocycles. The first-order chi connectivity index (χ1) is 11.1. The molecule has 2 rings (SSSR count). The van der Waals surface area contributed by atoms with Gasteiger partial charge >= 0.3 is 6.03 Å². The summed E-state index contributed by atoms with van der Waals surface area (Å²) in [6.45, 7) is 6.58. The van der Waals surface area contributed by atoms with E-state index in [4.69, 9.17) is 0 Å². The number of amides is 2. The van der Waals surface area contributed by atoms with Crippen LogP contribution in [0.2, 0.25) is 0 Å². The molecule has 0 saturated carbocycles. The zero-order valence-corrected chi connectivity index (χ0v) is 14.3. The third-order valence-corrected chi connectivity index (χ3v) is 4.62. The molecule has 1 aliphatic heterocycles. The molecule has 2 amide bonds. The van der Waals surface area contributed by atoms with Crippen LogP contribution in [0, 0.1) is 5.92 Å². The highest BCUT2D eigenvalue weighted by Gasteiger charge is 2.24. The smallest absolute Gasteiger partial charge is 0.317 e. The van der Waals surface area contributed by atoms with E-state index in [-0.39, 0.29) is 11.6 Å². The van der Waals surface area contributed by atoms with Gasteiger partial charge in [0.15, 0.2) is 0 Å². The van der Waals surface area contributed by atoms with Crippen LogP contribution in [-0.2, 0) is 6.54 Å². The van der Waals surface area contributed by atoms with Crippen LogP contribution in [0.1, 0.15) is 46.0 Å². The standard InChI is InChI=1S/C18H29N3O2/c1-15-8-7-9-16(2)21(14-15)18(23)19-11-4-6-13-20-12-5-3-10-17(20)22/h3,5,10,12,15-16H,4,6-9,11,13-14H2,1-2H3,(H,19,23)/t15-,16+/m1/s1. The van der Waals surface area contributed by atoms with Crippen LogP contribution in [0.3, 0.4) is 0 Å². The number of hydrogen-bond acceptors (Lipinski definition) is 2. The molecule has 1 saturated heterocycles. The molecule has 1 aliphatic rings. The van der Waals surface area contributed by atoms with Gasteiger partial charge in [0.2, 0.25) is 5.56 Å². The summed E-state index contributed by atoms with van der Waals surface area (Å²) >= 11 is 0. The summed E-state index contributed by atoms with van der Waals surface area (Å²) in [5.41, 5.74) is 0.0314. The van der Waals surface area contributed by atoms with E-state index in [0.29, 0.717) is 25.0 Å². The van der Waals surface area contributed by atoms with E-state index in [0.717, 1.165) is 25.8 Å². The van der Waals surface area contributed by atoms with Crippen LogP contribution in [0.15, 0.2) is 29.2 Å². The van der Waals surface area contributed by atoms with Gasteiger partial charge in [-0.2, -0.15) is 0 Å². The number of aryl methyl sites for hydroxylation is 1. The van der Waals surface area contributed by atoms with Crippen molar-refractivity contribution in [1.29, 1.82) is 0 Å². The SMILES string of the molecule is C[C@@H]1CCC[C@H](C)N(C(=O)NCCCCn2ccccc2=O)C1. The Balaban J connectivity index is 1.70. The minimum atomic E-state index is 0.0314. The topological polar surface area (TPSA) is 54.3 Å². The Kier molecular flexibility index (Phi) is 6.68. The summed E-state index contributed by atoms with van der Waals surface area (Å²) in [7, 11) is 0. The highest BCUT2D eigenvalue weighted by Crippen LogP contribution is 2.20. The van der Waals surface area contributed by atoms with Crippen molar-refractivity contribution in [2.24, 2.45) is 5.92 Å². The van der Waals surface area contributed by atoms with E-state index < -0.39 is 0 Å². The molecule has 23 heavy (non-hydrogen) atoms. The van der Waals surface area contributed by atoms with Crippen molar-refractivity contribution in [2.45, 2.75) is 58.5 Å². The van der Waals surface area contributed by atoms with Gasteiger partial charge in [0.1, 0.15) is 0 Å². The Hall–Kier alpha value is -1.78. The molecule has 2 atom stereocenters. The van der Waals surface area contributed by atoms with Crippen LogP contribution in [0.4, 0.5) is 4.79 Å². The molecular weight excluding hydrogens is 290 g/mol. The van der Waals surface area contributed by atoms with Crippen molar-refractivity contribution in [3.8, 4) is 0 Å². The Labute approximate surface area is 138 Å². The largest absolute Gasteiger partial charge is 0.338 e. The van der Waals surface area contributed by atoms with E-state index in [1.807, 2.05) is 11.0 Å². The summed E-state index contributed by atoms with van der Waals surface area (Å²) in [4.78, 5) is 25.9. The number of nitrogens with one attached hydrogen (secondary N) is 1. The fourth-order valence-corrected chi connectivity index (χ4v) is 3.16. The van der Waals surface area contributed by atoms with Crippen molar-refractivity contribution >= 4 is 6.03 Å². The minimum absolute atomic E-state index is 0.0314. The van der Waals surface area contributed by atoms with Gasteiger partial charge in [0.25, 0.3) is 0 Å². The molecule has 0 bridgehead atoms. The monoisotopic (exact) mass is 319 g/mol. The molecule has 1 aromatic rings. The second kappa shape index (κ2) is 8.75. The quantitative estimate of drug-likeness (QED) is 0.849. The number of nitrogens with zero attached hydrogens (tertiary/aromatic N) is 2. The number of pyridine rings is 1. The molecule has 0 spiro atoms. The minimum Gasteiger partial charge on any atom is -0.338 e. The fourth-order valence-electron chi connectivity index (χ4n) is 3.16. The van der Waals surface area contributed by atoms with Gasteiger partial charge in [-0.05, 0) is 44.6 Å². The molecule has 1 fully saturated rings. The van der Waals surface area contributed by atoms with E-state index in [1.54, 1.807) is 22.9 Å². The maximum atomic E-state index is 12.4. The fraction of sp³-hybridized carbons (Fsp3) is 0.667. The van der Waals surface area contributed by atoms with E-state index in [1.165, 1.54) is 12.8 Å². The van der Waals surface area contributed by atoms with Gasteiger partial charge in [0, 0.05) is 37.9 Å². The molecular formula is C18H29N3O2. The average molecular weight is 319 g/mol. The molecule has 0 unspecified atom stereocenters. The van der Waals surface area contributed by atoms with Gasteiger partial charge in [-0.1, -0.05) is 19.4 Å². The van der Waals surface area contributed by atoms with Gasteiger partial charge in [-0.3, -0.25) is 4.79 Å². The average Bonchev–Trinajstić information content (AvgIpc) is 2.69. The zero-order chi connectivity index (χ0) is 16.7. The second-order valence-electron chi connectivity index (χ2n) is 6.71. The van der Waals surface area contributed by atoms with Crippen molar-refractivity contribution in [3.63, 3.8) is 0 Å². The number of urea groups is 1. The van der Waals surface area contributed by atoms with E-state index in [9.17, 15) is 9.59 Å². The van der Waals surface area contributed by atoms with Crippen LogP contribution < -0.4 is 10.9 Å². The summed E-state index contributed by atoms with van der Waals surface area (Å²) in [6, 6.07) is 5.57. The Morgan fingerprint density at radius 3 is 2.87 bits per heavy atom. The van der Waals surface area contributed by atoms with Crippen LogP contribution in [0.5, 0.6) is 0 Å². The van der Waals surface area contributed by atoms with Crippen LogP contribution in [0.25, 0.3) is 0 Å². The number of carbonyl (C=O) groups excluding carboxylic acids is 1. The number of unbranched alkanes of at least 4 members (excludes halogenated alkanes) is 1. The number of likely N-dealkylation sites (tertiary alicyclic amines) is 1. The molecule has 5 heteroatoms. The predicted molar refractivity (Wildman–Crippen MR) is 92.5 cm³/mol. The van der Waals surface area contributed by atoms with Gasteiger partial charge in [-0.25, -0.2) is 4.79 Å². The zero-order valence-electron chi connectivity index (χ0n) is 14.3. The highest BCUT2D eigenvalue weighted by molar-refractivity contribution is 5.74. The van der Waals surface area contributed by atoms with E-state index in [2.05, 4.69) is 19.2 Å². The van der Waals surface area contributed by atoms with Gasteiger partial charge in [-0.15, -0.1) is 0 Å². The summed E-state index contributed by atoms with van der Waals surface area (Å²) in [5, 5.41) is 3.03. The van der Waals surface area contributed by atoms with E-state index >= 15 is 0 Å². The van der Waals surface area contributed by atoms with Crippen molar-refractivity contribution in [3.05, 3.63) is 34.7 Å². The Bertz CT molecular complexity index is 555. The number of aromatic nitrogens is 1. The first-order valence-corrected chi connectivity index (χ1v) is 8.78. The Morgan fingerprint density at radius 2 is 2.09 bits per heavy atom. The third-order valence-electron chi connectivity index (χ3n) is 4.62. The lowest BCUT2D eigenvalue weighted by Gasteiger charge is -2.28. The molecule has 0 radical (unpaired) electrons. The summed E-state index contributed by atoms with van der Waals surface area (Å²) in [6.07, 6.45) is 7.08. The van der Waals surface area contributed by atoms with Crippen LogP contribution in [-0.4, -0.2) is 34.6 Å². The third kappa shape index (κ3) is 5.41. The lowest BCUT2D eigenvalue weighted by Crippen LogP contribution is -2.46. The molecule has 1 N–H and O–H groups in total. The lowest BCUT2D eigenvalue weighted by atomic mass is 10.1. The van der Waals surface area contributed by atoms with Crippen molar-refractivity contribution in [2.75, 3.05) is 13.1 Å². The summed E-state index contributed by atoms with van der Waals surface area (Å²) in [5.74, 6) is 0.579. The van der Waals surface area contributed by atoms with Gasteiger partial charge < -0.3 is 14.8 Å². The molecule has 5 nitrogen and oxygen atoms in total. The first-order valence-electron chi connectivity index (χ1n) is 8.78. The van der Waals surface area contributed by atoms with Crippen molar-refractivity contribution < 1.29 is 4.79 Å². The van der Waals surface area contributed by atoms with Gasteiger partial charge in [0.05, 0.1) is 0 Å². The second-order valence-corrected chi connectivity index (χ2v) is 6.71. The maximum absolute atomic E-state index is 12.4. The van der Waals surface area contributed by atoms with Crippen LogP contribution >= 0.6 is 0 Å². The highest BCUT2D eigenvalue weighted by atomic mass is 16.2. The lowest BCUT2D eigenvalue weighted by molar-refractivity contribution is 0.173. The number of hydrogen-bond donors (Lipinski definition) is 1. The molecule has 0 aromatic carbocycles. The number of rotatable bonds is 5. The molecule has 2 heterocycles. The summed E-state index contributed by atoms with van der Waals surface area (Å²) < 4.78 is 1.71. The van der Waals surface area contributed by atoms with Crippen molar-refractivity contribution in [1.82, 2.24) is 14.8 Å². The number of carbonyl (C=O) groups is 1. The maximum Gasteiger partial charge on any atom is 0.317 e. The molecule has 128 valence electrons. The normalized spacial score (nSPS) is 21.7. The molecule has 1 aromatic heterocycles.